The third-order valence-electron chi connectivity index (χ3n) is 2.93. The molecule has 0 aliphatic heterocycles. The molecule has 0 radical (unpaired) electrons. The van der Waals surface area contributed by atoms with Gasteiger partial charge in [-0.2, -0.15) is 15.4 Å². The molecule has 2 aromatic rings. The minimum absolute atomic E-state index is 0.0552. The second-order valence-electron chi connectivity index (χ2n) is 4.11. The van der Waals surface area contributed by atoms with Crippen molar-refractivity contribution in [2.45, 2.75) is 19.9 Å². The Kier molecular flexibility index (Phi) is 3.94. The van der Waals surface area contributed by atoms with Gasteiger partial charge >= 0.3 is 0 Å². The summed E-state index contributed by atoms with van der Waals surface area (Å²) < 4.78 is 5.23. The number of benzene rings is 1. The first-order chi connectivity index (χ1) is 8.76. The Hall–Kier alpha value is -1.88. The van der Waals surface area contributed by atoms with Gasteiger partial charge in [0, 0.05) is 0 Å². The monoisotopic (exact) mass is 246 g/mol. The third-order valence-corrected chi connectivity index (χ3v) is 2.93. The number of aromatic amines is 1. The van der Waals surface area contributed by atoms with Crippen molar-refractivity contribution in [1.82, 2.24) is 20.7 Å². The van der Waals surface area contributed by atoms with E-state index in [0.29, 0.717) is 0 Å². The van der Waals surface area contributed by atoms with Crippen LogP contribution in [0.15, 0.2) is 24.4 Å². The van der Waals surface area contributed by atoms with Crippen molar-refractivity contribution in [3.8, 4) is 5.75 Å². The molecule has 2 N–H and O–H groups in total. The number of nitrogens with zero attached hydrogens (tertiary/aromatic N) is 2. The molecule has 2 rings (SSSR count). The first-order valence-electron chi connectivity index (χ1n) is 5.99. The minimum atomic E-state index is 0.0552. The molecule has 1 aromatic heterocycles. The summed E-state index contributed by atoms with van der Waals surface area (Å²) in [7, 11) is 1.67. The van der Waals surface area contributed by atoms with Crippen molar-refractivity contribution in [3.63, 3.8) is 0 Å². The zero-order valence-electron chi connectivity index (χ0n) is 10.9. The molecule has 1 aromatic carbocycles. The van der Waals surface area contributed by atoms with E-state index >= 15 is 0 Å². The molecule has 0 spiro atoms. The quantitative estimate of drug-likeness (QED) is 0.844. The van der Waals surface area contributed by atoms with Crippen LogP contribution in [0.2, 0.25) is 0 Å². The molecule has 1 heterocycles. The van der Waals surface area contributed by atoms with Crippen molar-refractivity contribution >= 4 is 0 Å². The van der Waals surface area contributed by atoms with Gasteiger partial charge in [0.1, 0.15) is 11.4 Å². The average molecular weight is 246 g/mol. The number of aromatic nitrogens is 3. The van der Waals surface area contributed by atoms with Crippen molar-refractivity contribution < 1.29 is 4.74 Å². The number of aryl methyl sites for hydroxylation is 1. The Morgan fingerprint density at radius 1 is 1.44 bits per heavy atom. The maximum atomic E-state index is 5.23. The average Bonchev–Trinajstić information content (AvgIpc) is 2.90. The molecule has 0 aliphatic rings. The first kappa shape index (κ1) is 12.6. The van der Waals surface area contributed by atoms with E-state index in [0.717, 1.165) is 18.0 Å². The predicted octanol–water partition coefficient (Wildman–Crippen LogP) is 1.82. The smallest absolute Gasteiger partial charge is 0.119 e. The van der Waals surface area contributed by atoms with Gasteiger partial charge < -0.3 is 10.1 Å². The molecule has 1 unspecified atom stereocenters. The fourth-order valence-corrected chi connectivity index (χ4v) is 2.03. The van der Waals surface area contributed by atoms with Gasteiger partial charge in [-0.25, -0.2) is 0 Å². The maximum Gasteiger partial charge on any atom is 0.119 e. The summed E-state index contributed by atoms with van der Waals surface area (Å²) in [6, 6.07) is 6.11. The second kappa shape index (κ2) is 5.64. The number of H-pyrrole nitrogens is 1. The molecule has 5 heteroatoms. The highest BCUT2D eigenvalue weighted by molar-refractivity contribution is 5.39. The van der Waals surface area contributed by atoms with E-state index in [1.165, 1.54) is 11.1 Å². The zero-order chi connectivity index (χ0) is 13.0. The summed E-state index contributed by atoms with van der Waals surface area (Å²) >= 11 is 0. The first-order valence-corrected chi connectivity index (χ1v) is 5.99. The van der Waals surface area contributed by atoms with Crippen LogP contribution in [-0.4, -0.2) is 29.1 Å². The molecular formula is C13H18N4O. The third kappa shape index (κ3) is 2.51. The number of nitrogens with one attached hydrogen (secondary N) is 2. The molecule has 0 saturated carbocycles. The Morgan fingerprint density at radius 2 is 2.28 bits per heavy atom. The summed E-state index contributed by atoms with van der Waals surface area (Å²) in [5.74, 6) is 0.867. The zero-order valence-corrected chi connectivity index (χ0v) is 10.9. The fraction of sp³-hybridized carbons (Fsp3) is 0.385. The Balaban J connectivity index is 2.37. The summed E-state index contributed by atoms with van der Waals surface area (Å²) in [5.41, 5.74) is 3.25. The van der Waals surface area contributed by atoms with Crippen LogP contribution < -0.4 is 10.1 Å². The highest BCUT2D eigenvalue weighted by atomic mass is 16.5. The van der Waals surface area contributed by atoms with Gasteiger partial charge in [0.2, 0.25) is 0 Å². The minimum Gasteiger partial charge on any atom is -0.497 e. The highest BCUT2D eigenvalue weighted by Crippen LogP contribution is 2.26. The summed E-state index contributed by atoms with van der Waals surface area (Å²) in [6.45, 7) is 5.01. The van der Waals surface area contributed by atoms with E-state index in [4.69, 9.17) is 4.74 Å². The van der Waals surface area contributed by atoms with E-state index in [1.807, 2.05) is 12.1 Å². The van der Waals surface area contributed by atoms with Crippen LogP contribution in [0.25, 0.3) is 0 Å². The molecule has 0 bridgehead atoms. The van der Waals surface area contributed by atoms with Gasteiger partial charge in [-0.3, -0.25) is 0 Å². The van der Waals surface area contributed by atoms with E-state index in [1.54, 1.807) is 13.3 Å². The van der Waals surface area contributed by atoms with Crippen LogP contribution in [0.3, 0.4) is 0 Å². The van der Waals surface area contributed by atoms with Crippen LogP contribution in [0.5, 0.6) is 5.75 Å². The number of methoxy groups -OCH3 is 1. The number of hydrogen-bond acceptors (Lipinski definition) is 4. The van der Waals surface area contributed by atoms with Crippen molar-refractivity contribution in [3.05, 3.63) is 41.2 Å². The van der Waals surface area contributed by atoms with Crippen molar-refractivity contribution in [2.75, 3.05) is 13.7 Å². The second-order valence-corrected chi connectivity index (χ2v) is 4.11. The Bertz CT molecular complexity index is 496. The van der Waals surface area contributed by atoms with E-state index in [2.05, 4.69) is 40.6 Å². The van der Waals surface area contributed by atoms with Gasteiger partial charge in [0.25, 0.3) is 0 Å². The predicted molar refractivity (Wildman–Crippen MR) is 69.6 cm³/mol. The van der Waals surface area contributed by atoms with Crippen LogP contribution in [0.4, 0.5) is 0 Å². The molecule has 5 nitrogen and oxygen atoms in total. The van der Waals surface area contributed by atoms with Crippen LogP contribution >= 0.6 is 0 Å². The summed E-state index contributed by atoms with van der Waals surface area (Å²) in [4.78, 5) is 0. The van der Waals surface area contributed by atoms with Gasteiger partial charge in [0.15, 0.2) is 0 Å². The van der Waals surface area contributed by atoms with Crippen LogP contribution in [-0.2, 0) is 0 Å². The normalized spacial score (nSPS) is 12.4. The van der Waals surface area contributed by atoms with Crippen LogP contribution in [0, 0.1) is 6.92 Å². The van der Waals surface area contributed by atoms with Gasteiger partial charge in [-0.1, -0.05) is 13.0 Å². The Labute approximate surface area is 107 Å². The van der Waals surface area contributed by atoms with Crippen molar-refractivity contribution in [1.29, 1.82) is 0 Å². The van der Waals surface area contributed by atoms with Gasteiger partial charge in [-0.15, -0.1) is 0 Å². The van der Waals surface area contributed by atoms with Crippen molar-refractivity contribution in [2.24, 2.45) is 0 Å². The standard InChI is InChI=1S/C13H18N4O/c1-4-14-13(12-8-15-17-16-12)11-6-5-10(18-3)7-9(11)2/h5-8,13-14H,4H2,1-3H3,(H,15,16,17). The maximum absolute atomic E-state index is 5.23. The van der Waals surface area contributed by atoms with Crippen LogP contribution in [0.1, 0.15) is 29.8 Å². The lowest BCUT2D eigenvalue weighted by Crippen LogP contribution is -2.23. The SMILES string of the molecule is CCNC(c1cn[nH]n1)c1ccc(OC)cc1C. The molecule has 0 amide bonds. The number of rotatable bonds is 5. The molecule has 1 atom stereocenters. The van der Waals surface area contributed by atoms with E-state index < -0.39 is 0 Å². The molecule has 18 heavy (non-hydrogen) atoms. The summed E-state index contributed by atoms with van der Waals surface area (Å²) in [6.07, 6.45) is 1.75. The lowest BCUT2D eigenvalue weighted by atomic mass is 9.99. The highest BCUT2D eigenvalue weighted by Gasteiger charge is 2.17. The van der Waals surface area contributed by atoms with Gasteiger partial charge in [-0.05, 0) is 36.7 Å². The number of ether oxygens (including phenoxy) is 1. The lowest BCUT2D eigenvalue weighted by molar-refractivity contribution is 0.414. The lowest BCUT2D eigenvalue weighted by Gasteiger charge is -2.18. The molecule has 96 valence electrons. The van der Waals surface area contributed by atoms with E-state index in [-0.39, 0.29) is 6.04 Å². The fourth-order valence-electron chi connectivity index (χ4n) is 2.03. The molecule has 0 saturated heterocycles. The summed E-state index contributed by atoms with van der Waals surface area (Å²) in [5, 5.41) is 14.1. The molecular weight excluding hydrogens is 228 g/mol. The molecule has 0 fully saturated rings. The topological polar surface area (TPSA) is 62.8 Å². The Morgan fingerprint density at radius 3 is 2.83 bits per heavy atom. The largest absolute Gasteiger partial charge is 0.497 e. The number of hydrogen-bond donors (Lipinski definition) is 2. The van der Waals surface area contributed by atoms with Gasteiger partial charge in [0.05, 0.1) is 19.3 Å². The molecule has 0 aliphatic carbocycles. The van der Waals surface area contributed by atoms with E-state index in [9.17, 15) is 0 Å².